The summed E-state index contributed by atoms with van der Waals surface area (Å²) < 4.78 is 15.6. The van der Waals surface area contributed by atoms with Gasteiger partial charge in [0.2, 0.25) is 5.91 Å². The fourth-order valence-corrected chi connectivity index (χ4v) is 3.62. The van der Waals surface area contributed by atoms with Crippen molar-refractivity contribution in [2.45, 2.75) is 0 Å². The van der Waals surface area contributed by atoms with Crippen molar-refractivity contribution < 1.29 is 28.6 Å². The molecule has 0 unspecified atom stereocenters. The van der Waals surface area contributed by atoms with Gasteiger partial charge in [-0.25, -0.2) is 0 Å². The molecule has 1 aromatic rings. The van der Waals surface area contributed by atoms with E-state index in [-0.39, 0.29) is 17.4 Å². The number of ether oxygens (including phenoxy) is 3. The van der Waals surface area contributed by atoms with Crippen molar-refractivity contribution in [2.75, 3.05) is 47.1 Å². The van der Waals surface area contributed by atoms with Gasteiger partial charge >= 0.3 is 0 Å². The fraction of sp³-hybridized carbons (Fsp3) is 0.389. The minimum absolute atomic E-state index is 0.256. The summed E-state index contributed by atoms with van der Waals surface area (Å²) in [5.74, 6) is 0.362. The third kappa shape index (κ3) is 4.25. The molecule has 0 aromatic heterocycles. The first-order valence-corrected chi connectivity index (χ1v) is 9.18. The number of nitrogens with zero attached hydrogens (tertiary/aromatic N) is 2. The van der Waals surface area contributed by atoms with Gasteiger partial charge in [0.15, 0.2) is 11.5 Å². The summed E-state index contributed by atoms with van der Waals surface area (Å²) in [5, 5.41) is -0.451. The summed E-state index contributed by atoms with van der Waals surface area (Å²) in [6, 6.07) is 5.19. The Kier molecular flexibility index (Phi) is 6.02. The maximum atomic E-state index is 12.6. The molecule has 1 aromatic carbocycles. The van der Waals surface area contributed by atoms with Crippen LogP contribution in [0.15, 0.2) is 23.1 Å². The van der Waals surface area contributed by atoms with Crippen molar-refractivity contribution in [3.8, 4) is 11.5 Å². The number of hydrogen-bond donors (Lipinski definition) is 0. The van der Waals surface area contributed by atoms with Gasteiger partial charge in [-0.1, -0.05) is 6.07 Å². The zero-order valence-corrected chi connectivity index (χ0v) is 15.9. The van der Waals surface area contributed by atoms with Crippen LogP contribution in [0.5, 0.6) is 11.5 Å². The average molecular weight is 392 g/mol. The second-order valence-corrected chi connectivity index (χ2v) is 6.87. The Morgan fingerprint density at radius 3 is 2.56 bits per heavy atom. The lowest BCUT2D eigenvalue weighted by molar-refractivity contribution is -0.139. The molecular formula is C18H20N2O6S. The van der Waals surface area contributed by atoms with E-state index in [0.29, 0.717) is 43.4 Å². The summed E-state index contributed by atoms with van der Waals surface area (Å²) in [5.41, 5.74) is 0.692. The van der Waals surface area contributed by atoms with E-state index in [9.17, 15) is 14.4 Å². The molecule has 9 heteroatoms. The van der Waals surface area contributed by atoms with Crippen LogP contribution in [0.4, 0.5) is 4.79 Å². The van der Waals surface area contributed by atoms with Crippen LogP contribution < -0.4 is 9.47 Å². The SMILES string of the molecule is COc1ccc(/C=C2\SC(=O)N(CC(=O)N3CCOCC3)C2=O)cc1OC. The lowest BCUT2D eigenvalue weighted by Crippen LogP contribution is -2.46. The summed E-state index contributed by atoms with van der Waals surface area (Å²) in [7, 11) is 3.06. The standard InChI is InChI=1S/C18H20N2O6S/c1-24-13-4-3-12(9-14(13)25-2)10-15-17(22)20(18(23)27-15)11-16(21)19-5-7-26-8-6-19/h3-4,9-10H,5-8,11H2,1-2H3/b15-10-. The minimum atomic E-state index is -0.471. The Morgan fingerprint density at radius 2 is 1.89 bits per heavy atom. The summed E-state index contributed by atoms with van der Waals surface area (Å²) >= 11 is 0.820. The Morgan fingerprint density at radius 1 is 1.19 bits per heavy atom. The van der Waals surface area contributed by atoms with E-state index in [1.54, 1.807) is 29.2 Å². The predicted octanol–water partition coefficient (Wildman–Crippen LogP) is 1.60. The quantitative estimate of drug-likeness (QED) is 0.704. The number of carbonyl (C=O) groups is 3. The first kappa shape index (κ1) is 19.2. The summed E-state index contributed by atoms with van der Waals surface area (Å²) in [6.45, 7) is 1.61. The average Bonchev–Trinajstić information content (AvgIpc) is 2.95. The van der Waals surface area contributed by atoms with Crippen molar-refractivity contribution in [1.29, 1.82) is 0 Å². The first-order valence-electron chi connectivity index (χ1n) is 8.36. The highest BCUT2D eigenvalue weighted by atomic mass is 32.2. The Balaban J connectivity index is 1.73. The lowest BCUT2D eigenvalue weighted by atomic mass is 10.2. The molecule has 0 radical (unpaired) electrons. The van der Waals surface area contributed by atoms with Gasteiger partial charge in [-0.2, -0.15) is 0 Å². The molecule has 0 spiro atoms. The van der Waals surface area contributed by atoms with Crippen molar-refractivity contribution in [2.24, 2.45) is 0 Å². The van der Waals surface area contributed by atoms with Gasteiger partial charge in [-0.3, -0.25) is 19.3 Å². The van der Waals surface area contributed by atoms with Gasteiger partial charge in [0.1, 0.15) is 6.54 Å². The molecule has 2 heterocycles. The zero-order chi connectivity index (χ0) is 19.4. The van der Waals surface area contributed by atoms with E-state index in [0.717, 1.165) is 16.7 Å². The van der Waals surface area contributed by atoms with Crippen LogP contribution in [-0.2, 0) is 14.3 Å². The lowest BCUT2D eigenvalue weighted by Gasteiger charge is -2.28. The molecule has 0 aliphatic carbocycles. The third-order valence-electron chi connectivity index (χ3n) is 4.24. The Hall–Kier alpha value is -2.52. The summed E-state index contributed by atoms with van der Waals surface area (Å²) in [6.07, 6.45) is 1.60. The molecule has 8 nitrogen and oxygen atoms in total. The second kappa shape index (κ2) is 8.45. The van der Waals surface area contributed by atoms with Gasteiger partial charge in [-0.05, 0) is 35.5 Å². The molecule has 2 aliphatic heterocycles. The van der Waals surface area contributed by atoms with Crippen LogP contribution in [0, 0.1) is 0 Å². The molecule has 3 amide bonds. The number of hydrogen-bond acceptors (Lipinski definition) is 7. The van der Waals surface area contributed by atoms with Crippen LogP contribution in [0.1, 0.15) is 5.56 Å². The highest BCUT2D eigenvalue weighted by Gasteiger charge is 2.37. The molecule has 2 fully saturated rings. The number of methoxy groups -OCH3 is 2. The molecule has 0 N–H and O–H groups in total. The van der Waals surface area contributed by atoms with Crippen molar-refractivity contribution in [1.82, 2.24) is 9.80 Å². The predicted molar refractivity (Wildman–Crippen MR) is 99.6 cm³/mol. The second-order valence-electron chi connectivity index (χ2n) is 5.88. The van der Waals surface area contributed by atoms with Crippen LogP contribution in [0.3, 0.4) is 0 Å². The molecular weight excluding hydrogens is 372 g/mol. The zero-order valence-electron chi connectivity index (χ0n) is 15.1. The topological polar surface area (TPSA) is 85.4 Å². The van der Waals surface area contributed by atoms with Crippen molar-refractivity contribution >= 4 is 34.9 Å². The fourth-order valence-electron chi connectivity index (χ4n) is 2.78. The first-order chi connectivity index (χ1) is 13.0. The molecule has 0 atom stereocenters. The number of benzene rings is 1. The smallest absolute Gasteiger partial charge is 0.294 e. The maximum Gasteiger partial charge on any atom is 0.294 e. The van der Waals surface area contributed by atoms with Gasteiger partial charge in [-0.15, -0.1) is 0 Å². The molecule has 0 saturated carbocycles. The van der Waals surface area contributed by atoms with E-state index in [2.05, 4.69) is 0 Å². The van der Waals surface area contributed by atoms with Crippen LogP contribution in [-0.4, -0.2) is 73.9 Å². The molecule has 2 aliphatic rings. The molecule has 27 heavy (non-hydrogen) atoms. The number of rotatable bonds is 5. The van der Waals surface area contributed by atoms with E-state index in [1.165, 1.54) is 14.2 Å². The van der Waals surface area contributed by atoms with E-state index in [1.807, 2.05) is 0 Å². The minimum Gasteiger partial charge on any atom is -0.493 e. The van der Waals surface area contributed by atoms with Gasteiger partial charge in [0.05, 0.1) is 32.3 Å². The number of amides is 3. The molecule has 3 rings (SSSR count). The maximum absolute atomic E-state index is 12.6. The Labute approximate surface area is 161 Å². The molecule has 144 valence electrons. The number of imide groups is 1. The van der Waals surface area contributed by atoms with E-state index in [4.69, 9.17) is 14.2 Å². The highest BCUT2D eigenvalue weighted by Crippen LogP contribution is 2.34. The van der Waals surface area contributed by atoms with Crippen LogP contribution in [0.25, 0.3) is 6.08 Å². The highest BCUT2D eigenvalue weighted by molar-refractivity contribution is 8.18. The largest absolute Gasteiger partial charge is 0.493 e. The van der Waals surface area contributed by atoms with E-state index < -0.39 is 11.1 Å². The normalized spacial score (nSPS) is 19.0. The summed E-state index contributed by atoms with van der Waals surface area (Å²) in [4.78, 5) is 40.0. The van der Waals surface area contributed by atoms with Crippen LogP contribution in [0.2, 0.25) is 0 Å². The number of thioether (sulfide) groups is 1. The molecule has 2 saturated heterocycles. The van der Waals surface area contributed by atoms with Gasteiger partial charge in [0.25, 0.3) is 11.1 Å². The van der Waals surface area contributed by atoms with Crippen molar-refractivity contribution in [3.63, 3.8) is 0 Å². The Bertz CT molecular complexity index is 788. The van der Waals surface area contributed by atoms with Crippen molar-refractivity contribution in [3.05, 3.63) is 28.7 Å². The number of morpholine rings is 1. The monoisotopic (exact) mass is 392 g/mol. The van der Waals surface area contributed by atoms with E-state index >= 15 is 0 Å². The number of carbonyl (C=O) groups excluding carboxylic acids is 3. The van der Waals surface area contributed by atoms with Gasteiger partial charge < -0.3 is 19.1 Å². The van der Waals surface area contributed by atoms with Gasteiger partial charge in [0, 0.05) is 13.1 Å². The van der Waals surface area contributed by atoms with Crippen LogP contribution >= 0.6 is 11.8 Å². The third-order valence-corrected chi connectivity index (χ3v) is 5.14. The molecule has 0 bridgehead atoms.